The minimum Gasteiger partial charge on any atom is -0.465 e. The molecule has 3 aromatic carbocycles. The molecule has 7 heteroatoms. The Morgan fingerprint density at radius 1 is 0.949 bits per heavy atom. The second-order valence-electron chi connectivity index (χ2n) is 9.07. The fourth-order valence-corrected chi connectivity index (χ4v) is 5.39. The maximum Gasteiger partial charge on any atom is 0.322 e. The first-order valence-electron chi connectivity index (χ1n) is 12.6. The number of allylic oxidation sites excluding steroid dienone is 2. The molecule has 196 valence electrons. The molecule has 0 fully saturated rings. The first kappa shape index (κ1) is 27.1. The van der Waals surface area contributed by atoms with Crippen molar-refractivity contribution in [3.63, 3.8) is 0 Å². The van der Waals surface area contributed by atoms with Crippen molar-refractivity contribution >= 4 is 23.5 Å². The van der Waals surface area contributed by atoms with Gasteiger partial charge in [0.05, 0.1) is 23.8 Å². The summed E-state index contributed by atoms with van der Waals surface area (Å²) >= 11 is 0. The third kappa shape index (κ3) is 4.51. The lowest BCUT2D eigenvalue weighted by atomic mass is 9.60. The lowest BCUT2D eigenvalue weighted by Gasteiger charge is -2.48. The number of rotatable bonds is 7. The first-order chi connectivity index (χ1) is 18.8. The van der Waals surface area contributed by atoms with Gasteiger partial charge >= 0.3 is 5.97 Å². The van der Waals surface area contributed by atoms with Gasteiger partial charge in [0.2, 0.25) is 5.91 Å². The van der Waals surface area contributed by atoms with E-state index in [1.54, 1.807) is 44.2 Å². The summed E-state index contributed by atoms with van der Waals surface area (Å²) in [6, 6.07) is 29.1. The second-order valence-corrected chi connectivity index (χ2v) is 9.07. The van der Waals surface area contributed by atoms with E-state index in [1.165, 1.54) is 16.9 Å². The van der Waals surface area contributed by atoms with Crippen LogP contribution in [0, 0.1) is 17.2 Å². The van der Waals surface area contributed by atoms with Gasteiger partial charge in [-0.1, -0.05) is 85.4 Å². The quantitative estimate of drug-likeness (QED) is 0.240. The van der Waals surface area contributed by atoms with E-state index >= 15 is 0 Å². The van der Waals surface area contributed by atoms with Crippen molar-refractivity contribution in [2.75, 3.05) is 11.6 Å². The predicted octanol–water partition coefficient (Wildman–Crippen LogP) is 5.32. The van der Waals surface area contributed by atoms with Crippen molar-refractivity contribution in [1.82, 2.24) is 5.01 Å². The monoisotopic (exact) mass is 519 g/mol. The van der Waals surface area contributed by atoms with Gasteiger partial charge in [0.25, 0.3) is 5.91 Å². The SMILES string of the molecule is C=C(C#N)C(C1=C(C)N(C(C)=O)N(c2ccccc2)C(=O)C1C(=O)OCC)(c1ccccc1)c1ccccc1. The molecule has 3 aromatic rings. The Labute approximate surface area is 228 Å². The zero-order valence-electron chi connectivity index (χ0n) is 22.1. The van der Waals surface area contributed by atoms with Gasteiger partial charge in [-0.3, -0.25) is 14.4 Å². The first-order valence-corrected chi connectivity index (χ1v) is 12.6. The Bertz CT molecular complexity index is 1430. The van der Waals surface area contributed by atoms with Gasteiger partial charge in [-0.15, -0.1) is 0 Å². The van der Waals surface area contributed by atoms with Crippen LogP contribution >= 0.6 is 0 Å². The topological polar surface area (TPSA) is 90.7 Å². The maximum atomic E-state index is 14.4. The number of esters is 1. The van der Waals surface area contributed by atoms with Crippen LogP contribution in [0.1, 0.15) is 31.9 Å². The molecule has 0 saturated carbocycles. The van der Waals surface area contributed by atoms with Crippen molar-refractivity contribution in [2.24, 2.45) is 5.92 Å². The van der Waals surface area contributed by atoms with Crippen molar-refractivity contribution in [2.45, 2.75) is 26.2 Å². The van der Waals surface area contributed by atoms with Gasteiger partial charge in [0.1, 0.15) is 0 Å². The van der Waals surface area contributed by atoms with E-state index in [4.69, 9.17) is 4.74 Å². The number of anilines is 1. The summed E-state index contributed by atoms with van der Waals surface area (Å²) in [6.45, 7) is 8.87. The van der Waals surface area contributed by atoms with Crippen molar-refractivity contribution in [1.29, 1.82) is 5.26 Å². The average molecular weight is 520 g/mol. The molecule has 0 bridgehead atoms. The molecule has 1 aliphatic rings. The van der Waals surface area contributed by atoms with Crippen molar-refractivity contribution < 1.29 is 19.1 Å². The molecule has 39 heavy (non-hydrogen) atoms. The highest BCUT2D eigenvalue weighted by Gasteiger charge is 2.55. The van der Waals surface area contributed by atoms with Gasteiger partial charge in [-0.2, -0.15) is 5.26 Å². The third-order valence-corrected chi connectivity index (χ3v) is 6.88. The molecule has 1 aliphatic heterocycles. The van der Waals surface area contributed by atoms with Crippen LogP contribution in [-0.4, -0.2) is 29.4 Å². The standard InChI is InChI=1S/C32H29N3O4/c1-5-39-31(38)28-29(23(3)34(24(4)36)35(30(28)37)27-19-13-8-14-20-27)32(22(2)21-33,25-15-9-6-10-16-25)26-17-11-7-12-18-26/h6-20,28H,2,5H2,1,3-4H3. The second kappa shape index (κ2) is 11.2. The number of hydrazine groups is 1. The molecule has 0 spiro atoms. The molecule has 1 heterocycles. The highest BCUT2D eigenvalue weighted by molar-refractivity contribution is 6.12. The predicted molar refractivity (Wildman–Crippen MR) is 148 cm³/mol. The number of carbonyl (C=O) groups is 3. The Hall–Kier alpha value is -4.96. The van der Waals surface area contributed by atoms with Crippen LogP contribution in [0.3, 0.4) is 0 Å². The number of amides is 2. The van der Waals surface area contributed by atoms with E-state index in [0.29, 0.717) is 22.5 Å². The highest BCUT2D eigenvalue weighted by Crippen LogP contribution is 2.51. The summed E-state index contributed by atoms with van der Waals surface area (Å²) in [5.41, 5.74) is 0.866. The highest BCUT2D eigenvalue weighted by atomic mass is 16.5. The van der Waals surface area contributed by atoms with Crippen LogP contribution in [0.2, 0.25) is 0 Å². The lowest BCUT2D eigenvalue weighted by Crippen LogP contribution is -2.59. The molecule has 2 amide bonds. The number of para-hydroxylation sites is 1. The molecule has 1 unspecified atom stereocenters. The summed E-state index contributed by atoms with van der Waals surface area (Å²) in [5.74, 6) is -3.35. The van der Waals surface area contributed by atoms with E-state index in [0.717, 1.165) is 0 Å². The summed E-state index contributed by atoms with van der Waals surface area (Å²) in [4.78, 5) is 41.4. The molecule has 4 rings (SSSR count). The maximum absolute atomic E-state index is 14.4. The van der Waals surface area contributed by atoms with Gasteiger partial charge < -0.3 is 4.74 Å². The molecular weight excluding hydrogens is 490 g/mol. The van der Waals surface area contributed by atoms with E-state index in [2.05, 4.69) is 12.6 Å². The lowest BCUT2D eigenvalue weighted by molar-refractivity contribution is -0.152. The zero-order valence-corrected chi connectivity index (χ0v) is 22.1. The van der Waals surface area contributed by atoms with Crippen LogP contribution in [-0.2, 0) is 24.5 Å². The van der Waals surface area contributed by atoms with Crippen LogP contribution in [0.4, 0.5) is 5.69 Å². The molecule has 0 aliphatic carbocycles. The van der Waals surface area contributed by atoms with Crippen LogP contribution in [0.15, 0.2) is 114 Å². The molecule has 0 radical (unpaired) electrons. The number of ether oxygens (including phenoxy) is 1. The van der Waals surface area contributed by atoms with E-state index in [9.17, 15) is 19.6 Å². The summed E-state index contributed by atoms with van der Waals surface area (Å²) in [6.07, 6.45) is 0. The molecular formula is C32H29N3O4. The Kier molecular flexibility index (Phi) is 7.78. The van der Waals surface area contributed by atoms with Gasteiger partial charge in [0.15, 0.2) is 5.92 Å². The average Bonchev–Trinajstić information content (AvgIpc) is 2.96. The molecule has 0 aromatic heterocycles. The van der Waals surface area contributed by atoms with Gasteiger partial charge in [0, 0.05) is 18.2 Å². The Morgan fingerprint density at radius 2 is 1.44 bits per heavy atom. The van der Waals surface area contributed by atoms with Crippen LogP contribution < -0.4 is 5.01 Å². The zero-order chi connectivity index (χ0) is 28.2. The molecule has 7 nitrogen and oxygen atoms in total. The van der Waals surface area contributed by atoms with Gasteiger partial charge in [-0.05, 0) is 42.7 Å². The fourth-order valence-electron chi connectivity index (χ4n) is 5.39. The van der Waals surface area contributed by atoms with Crippen molar-refractivity contribution in [3.05, 3.63) is 126 Å². The molecule has 0 N–H and O–H groups in total. The number of nitriles is 1. The molecule has 1 atom stereocenters. The van der Waals surface area contributed by atoms with Gasteiger partial charge in [-0.25, -0.2) is 10.0 Å². The largest absolute Gasteiger partial charge is 0.465 e. The smallest absolute Gasteiger partial charge is 0.322 e. The van der Waals surface area contributed by atoms with E-state index < -0.39 is 29.1 Å². The normalized spacial score (nSPS) is 15.5. The third-order valence-electron chi connectivity index (χ3n) is 6.88. The number of nitrogens with zero attached hydrogens (tertiary/aromatic N) is 3. The minimum absolute atomic E-state index is 0.0412. The summed E-state index contributed by atoms with van der Waals surface area (Å²) in [7, 11) is 0. The van der Waals surface area contributed by atoms with E-state index in [1.807, 2.05) is 60.7 Å². The summed E-state index contributed by atoms with van der Waals surface area (Å²) < 4.78 is 5.45. The van der Waals surface area contributed by atoms with Crippen LogP contribution in [0.5, 0.6) is 0 Å². The minimum atomic E-state index is -1.47. The molecule has 0 saturated heterocycles. The number of benzene rings is 3. The fraction of sp³-hybridized carbons (Fsp3) is 0.188. The number of carbonyl (C=O) groups excluding carboxylic acids is 3. The summed E-state index contributed by atoms with van der Waals surface area (Å²) in [5, 5.41) is 12.8. The van der Waals surface area contributed by atoms with E-state index in [-0.39, 0.29) is 17.8 Å². The van der Waals surface area contributed by atoms with Crippen LogP contribution in [0.25, 0.3) is 0 Å². The van der Waals surface area contributed by atoms with Crippen molar-refractivity contribution in [3.8, 4) is 6.07 Å². The Balaban J connectivity index is 2.20. The number of hydrogen-bond donors (Lipinski definition) is 0. The Morgan fingerprint density at radius 3 is 1.87 bits per heavy atom. The number of hydrogen-bond acceptors (Lipinski definition) is 5.